The molecule has 0 saturated carbocycles. The van der Waals surface area contributed by atoms with Crippen LogP contribution in [0.4, 0.5) is 10.8 Å². The van der Waals surface area contributed by atoms with Crippen LogP contribution in [-0.2, 0) is 4.79 Å². The Morgan fingerprint density at radius 3 is 2.65 bits per heavy atom. The number of thiophene rings is 1. The molecule has 3 aromatic rings. The van der Waals surface area contributed by atoms with Gasteiger partial charge in [-0.2, -0.15) is 0 Å². The summed E-state index contributed by atoms with van der Waals surface area (Å²) in [6.45, 7) is 1.86. The van der Waals surface area contributed by atoms with Crippen molar-refractivity contribution < 1.29 is 9.59 Å². The third-order valence-electron chi connectivity index (χ3n) is 3.54. The molecular weight excluding hydrogens is 436 g/mol. The van der Waals surface area contributed by atoms with Crippen molar-refractivity contribution in [1.82, 2.24) is 10.3 Å². The number of hydrogen-bond donors (Lipinski definition) is 2. The van der Waals surface area contributed by atoms with Crippen molar-refractivity contribution in [3.63, 3.8) is 0 Å². The van der Waals surface area contributed by atoms with Gasteiger partial charge in [0.2, 0.25) is 5.91 Å². The first-order chi connectivity index (χ1) is 12.3. The average Bonchev–Trinajstić information content (AvgIpc) is 3.15. The predicted molar refractivity (Wildman–Crippen MR) is 112 cm³/mol. The molecule has 0 aliphatic carbocycles. The molecule has 2 N–H and O–H groups in total. The van der Waals surface area contributed by atoms with E-state index in [1.807, 2.05) is 44.1 Å². The molecule has 0 spiro atoms. The van der Waals surface area contributed by atoms with Crippen LogP contribution in [0.5, 0.6) is 0 Å². The Bertz CT molecular complexity index is 949. The van der Waals surface area contributed by atoms with Gasteiger partial charge in [0, 0.05) is 24.3 Å². The average molecular weight is 453 g/mol. The van der Waals surface area contributed by atoms with Gasteiger partial charge >= 0.3 is 0 Å². The Balaban J connectivity index is 1.58. The van der Waals surface area contributed by atoms with Crippen molar-refractivity contribution in [2.45, 2.75) is 6.92 Å². The zero-order valence-electron chi connectivity index (χ0n) is 14.4. The molecule has 0 aliphatic heterocycles. The van der Waals surface area contributed by atoms with Crippen LogP contribution in [0.1, 0.15) is 15.2 Å². The second-order valence-corrected chi connectivity index (χ2v) is 8.76. The summed E-state index contributed by atoms with van der Waals surface area (Å²) in [5, 5.41) is 6.33. The Hall–Kier alpha value is -1.97. The number of nitrogens with one attached hydrogen (secondary N) is 2. The van der Waals surface area contributed by atoms with Gasteiger partial charge in [0.05, 0.1) is 16.1 Å². The van der Waals surface area contributed by atoms with E-state index in [0.29, 0.717) is 10.6 Å². The van der Waals surface area contributed by atoms with E-state index in [0.717, 1.165) is 24.7 Å². The maximum absolute atomic E-state index is 12.3. The van der Waals surface area contributed by atoms with Crippen molar-refractivity contribution in [1.29, 1.82) is 0 Å². The van der Waals surface area contributed by atoms with Crippen LogP contribution in [0, 0.1) is 6.92 Å². The Kier molecular flexibility index (Phi) is 5.59. The smallest absolute Gasteiger partial charge is 0.261 e. The highest BCUT2D eigenvalue weighted by molar-refractivity contribution is 9.10. The van der Waals surface area contributed by atoms with Gasteiger partial charge in [-0.1, -0.05) is 27.3 Å². The number of aromatic nitrogens is 1. The highest BCUT2D eigenvalue weighted by atomic mass is 79.9. The molecule has 0 aliphatic rings. The number of fused-ring (bicyclic) bond motifs is 1. The summed E-state index contributed by atoms with van der Waals surface area (Å²) in [7, 11) is 3.86. The maximum atomic E-state index is 12.3. The highest BCUT2D eigenvalue weighted by Crippen LogP contribution is 2.33. The minimum Gasteiger partial charge on any atom is -0.354 e. The summed E-state index contributed by atoms with van der Waals surface area (Å²) >= 11 is 6.28. The number of nitrogens with zero attached hydrogens (tertiary/aromatic N) is 2. The second-order valence-electron chi connectivity index (χ2n) is 5.87. The summed E-state index contributed by atoms with van der Waals surface area (Å²) in [5.74, 6) is -0.541. The molecule has 2 heterocycles. The summed E-state index contributed by atoms with van der Waals surface area (Å²) in [6.07, 6.45) is 0. The number of rotatable bonds is 5. The highest BCUT2D eigenvalue weighted by Gasteiger charge is 2.15. The van der Waals surface area contributed by atoms with E-state index in [1.165, 1.54) is 22.7 Å². The third-order valence-corrected chi connectivity index (χ3v) is 6.75. The van der Waals surface area contributed by atoms with Crippen LogP contribution in [0.2, 0.25) is 0 Å². The molecule has 2 amide bonds. The number of thiazole rings is 1. The monoisotopic (exact) mass is 452 g/mol. The van der Waals surface area contributed by atoms with Crippen LogP contribution in [0.3, 0.4) is 0 Å². The van der Waals surface area contributed by atoms with Crippen LogP contribution in [0.25, 0.3) is 9.53 Å². The lowest BCUT2D eigenvalue weighted by Gasteiger charge is -2.08. The van der Waals surface area contributed by atoms with Gasteiger partial charge in [-0.3, -0.25) is 9.59 Å². The quantitative estimate of drug-likeness (QED) is 0.615. The standard InChI is InChI=1S/C17H17BrN4O2S2/c1-9-6-10(4-5-11(9)18)20-14(23)8-19-15(24)12-7-13-16(25-12)21-17(26-13)22(2)3/h4-7H,8H2,1-3H3,(H,19,24)(H,20,23). The molecule has 136 valence electrons. The maximum Gasteiger partial charge on any atom is 0.261 e. The van der Waals surface area contributed by atoms with Gasteiger partial charge in [-0.05, 0) is 36.8 Å². The molecule has 2 aromatic heterocycles. The number of halogens is 1. The predicted octanol–water partition coefficient (Wildman–Crippen LogP) is 3.86. The second kappa shape index (κ2) is 7.73. The van der Waals surface area contributed by atoms with Gasteiger partial charge in [-0.25, -0.2) is 4.98 Å². The lowest BCUT2D eigenvalue weighted by Crippen LogP contribution is -2.32. The molecule has 1 aromatic carbocycles. The molecule has 6 nitrogen and oxygen atoms in total. The minimum atomic E-state index is -0.272. The number of carbonyl (C=O) groups is 2. The molecule has 0 radical (unpaired) electrons. The summed E-state index contributed by atoms with van der Waals surface area (Å²) in [6, 6.07) is 7.36. The summed E-state index contributed by atoms with van der Waals surface area (Å²) in [4.78, 5) is 32.1. The van der Waals surface area contributed by atoms with Gasteiger partial charge in [-0.15, -0.1) is 11.3 Å². The summed E-state index contributed by atoms with van der Waals surface area (Å²) < 4.78 is 1.95. The van der Waals surface area contributed by atoms with Crippen molar-refractivity contribution in [3.05, 3.63) is 39.2 Å². The Morgan fingerprint density at radius 2 is 2.00 bits per heavy atom. The topological polar surface area (TPSA) is 74.3 Å². The molecule has 0 fully saturated rings. The van der Waals surface area contributed by atoms with E-state index in [2.05, 4.69) is 31.5 Å². The van der Waals surface area contributed by atoms with Crippen LogP contribution in [0.15, 0.2) is 28.7 Å². The first-order valence-corrected chi connectivity index (χ1v) is 10.2. The molecule has 9 heteroatoms. The molecule has 0 saturated heterocycles. The SMILES string of the molecule is Cc1cc(NC(=O)CNC(=O)c2cc3sc(N(C)C)nc3s2)ccc1Br. The first kappa shape index (κ1) is 18.8. The lowest BCUT2D eigenvalue weighted by molar-refractivity contribution is -0.115. The van der Waals surface area contributed by atoms with Gasteiger partial charge in [0.15, 0.2) is 5.13 Å². The molecule has 0 atom stereocenters. The van der Waals surface area contributed by atoms with E-state index in [1.54, 1.807) is 6.07 Å². The van der Waals surface area contributed by atoms with E-state index in [-0.39, 0.29) is 18.4 Å². The first-order valence-electron chi connectivity index (χ1n) is 7.75. The third kappa shape index (κ3) is 4.22. The molecule has 3 rings (SSSR count). The fourth-order valence-electron chi connectivity index (χ4n) is 2.20. The number of aryl methyl sites for hydroxylation is 1. The number of anilines is 2. The fourth-order valence-corrected chi connectivity index (χ4v) is 4.50. The van der Waals surface area contributed by atoms with E-state index < -0.39 is 0 Å². The van der Waals surface area contributed by atoms with E-state index in [9.17, 15) is 9.59 Å². The van der Waals surface area contributed by atoms with Crippen molar-refractivity contribution in [3.8, 4) is 0 Å². The number of carbonyl (C=O) groups excluding carboxylic acids is 2. The van der Waals surface area contributed by atoms with Crippen molar-refractivity contribution in [2.24, 2.45) is 0 Å². The molecule has 0 unspecified atom stereocenters. The minimum absolute atomic E-state index is 0.0874. The van der Waals surface area contributed by atoms with Crippen LogP contribution >= 0.6 is 38.6 Å². The fraction of sp³-hybridized carbons (Fsp3) is 0.235. The zero-order chi connectivity index (χ0) is 18.8. The van der Waals surface area contributed by atoms with Crippen molar-refractivity contribution >= 4 is 70.8 Å². The van der Waals surface area contributed by atoms with Crippen LogP contribution in [-0.4, -0.2) is 37.4 Å². The van der Waals surface area contributed by atoms with Crippen LogP contribution < -0.4 is 15.5 Å². The van der Waals surface area contributed by atoms with Gasteiger partial charge in [0.1, 0.15) is 4.83 Å². The number of amides is 2. The van der Waals surface area contributed by atoms with E-state index >= 15 is 0 Å². The normalized spacial score (nSPS) is 10.8. The molecular formula is C17H17BrN4O2S2. The van der Waals surface area contributed by atoms with Gasteiger partial charge < -0.3 is 15.5 Å². The van der Waals surface area contributed by atoms with Gasteiger partial charge in [0.25, 0.3) is 5.91 Å². The molecule has 26 heavy (non-hydrogen) atoms. The number of hydrogen-bond acceptors (Lipinski definition) is 6. The number of benzene rings is 1. The Labute approximate surface area is 167 Å². The zero-order valence-corrected chi connectivity index (χ0v) is 17.6. The van der Waals surface area contributed by atoms with E-state index in [4.69, 9.17) is 0 Å². The summed E-state index contributed by atoms with van der Waals surface area (Å²) in [5.41, 5.74) is 1.72. The largest absolute Gasteiger partial charge is 0.354 e. The Morgan fingerprint density at radius 1 is 1.23 bits per heavy atom. The van der Waals surface area contributed by atoms with Crippen molar-refractivity contribution in [2.75, 3.05) is 30.9 Å². The molecule has 0 bridgehead atoms. The lowest BCUT2D eigenvalue weighted by atomic mass is 10.2.